The van der Waals surface area contributed by atoms with Gasteiger partial charge in [0, 0.05) is 52.2 Å². The highest BCUT2D eigenvalue weighted by Crippen LogP contribution is 2.34. The number of ether oxygens (including phenoxy) is 1. The molecule has 0 atom stereocenters. The van der Waals surface area contributed by atoms with Crippen molar-refractivity contribution in [3.8, 4) is 59.2 Å². The summed E-state index contributed by atoms with van der Waals surface area (Å²) in [6, 6.07) is 0. The monoisotopic (exact) mass is 1180 g/mol. The van der Waals surface area contributed by atoms with Gasteiger partial charge in [-0.05, 0) is 154 Å². The van der Waals surface area contributed by atoms with E-state index in [-0.39, 0.29) is 33.7 Å². The van der Waals surface area contributed by atoms with Crippen molar-refractivity contribution in [2.75, 3.05) is 21.2 Å². The number of hydrogen-bond donors (Lipinski definition) is 2. The smallest absolute Gasteiger partial charge is 0.307 e. The molecule has 0 bridgehead atoms. The molecular formula is C74H142ClFN2O4. The summed E-state index contributed by atoms with van der Waals surface area (Å²) in [5, 5.41) is 9.40. The average molecular weight is 1180 g/mol. The van der Waals surface area contributed by atoms with Gasteiger partial charge in [0.25, 0.3) is 0 Å². The fraction of sp³-hybridized carbons (Fsp3) is 0.838. The number of halogens is 2. The van der Waals surface area contributed by atoms with Crippen LogP contribution in [0.4, 0.5) is 4.39 Å². The SMILES string of the molecule is CC(=O)CC(C)(C)C#CC(C)C.CC(C)C#CC(C)(C)N.CC(C)C#CC(C)(C)N(C)C.CC(C)C#CC(C)(C)O.CC(C)CC(C)C.CC(C)CCC1CC1.CC(C)Cl.CC(C)F.CCC(C)C.COC(=O)CC(C)(C)C#CC(C)C. The first kappa shape index (κ1) is 98.1. The first-order chi connectivity index (χ1) is 36.5. The minimum absolute atomic E-state index is 0.00424. The number of carbonyl (C=O) groups excluding carboxylic acids is 2. The zero-order valence-corrected chi connectivity index (χ0v) is 62.3. The molecule has 6 nitrogen and oxygen atoms in total. The molecule has 0 unspecified atom stereocenters. The molecule has 1 saturated carbocycles. The number of methoxy groups -OCH3 is 1. The molecule has 1 aliphatic carbocycles. The second kappa shape index (κ2) is 55.9. The fourth-order valence-electron chi connectivity index (χ4n) is 4.83. The predicted octanol–water partition coefficient (Wildman–Crippen LogP) is 20.2. The molecule has 1 fully saturated rings. The number of alkyl halides is 2. The molecule has 1 aliphatic rings. The maximum absolute atomic E-state index is 11.0. The lowest BCUT2D eigenvalue weighted by Gasteiger charge is -2.26. The van der Waals surface area contributed by atoms with E-state index in [1.165, 1.54) is 59.5 Å². The van der Waals surface area contributed by atoms with Crippen molar-refractivity contribution in [3.05, 3.63) is 0 Å². The molecule has 1 rings (SSSR count). The average Bonchev–Trinajstić information content (AvgIpc) is 4.10. The quantitative estimate of drug-likeness (QED) is 0.122. The van der Waals surface area contributed by atoms with Crippen LogP contribution >= 0.6 is 11.6 Å². The second-order valence-corrected chi connectivity index (χ2v) is 29.4. The maximum Gasteiger partial charge on any atom is 0.307 e. The third-order valence-electron chi connectivity index (χ3n) is 9.65. The normalized spacial score (nSPS) is 11.6. The lowest BCUT2D eigenvalue weighted by atomic mass is 9.88. The summed E-state index contributed by atoms with van der Waals surface area (Å²) >= 11 is 5.27. The van der Waals surface area contributed by atoms with E-state index in [9.17, 15) is 14.0 Å². The Morgan fingerprint density at radius 1 is 0.573 bits per heavy atom. The van der Waals surface area contributed by atoms with E-state index in [0.717, 1.165) is 29.6 Å². The van der Waals surface area contributed by atoms with E-state index in [1.807, 2.05) is 83.1 Å². The van der Waals surface area contributed by atoms with Crippen LogP contribution in [0.2, 0.25) is 0 Å². The van der Waals surface area contributed by atoms with Crippen molar-refractivity contribution in [3.63, 3.8) is 0 Å². The molecule has 0 amide bonds. The van der Waals surface area contributed by atoms with Crippen LogP contribution in [0.25, 0.3) is 0 Å². The molecule has 0 aromatic rings. The molecular weight excluding hydrogens is 1040 g/mol. The van der Waals surface area contributed by atoms with Gasteiger partial charge in [-0.3, -0.25) is 14.5 Å². The van der Waals surface area contributed by atoms with Crippen LogP contribution in [0.5, 0.6) is 0 Å². The number of esters is 1. The summed E-state index contributed by atoms with van der Waals surface area (Å²) < 4.78 is 15.6. The van der Waals surface area contributed by atoms with Gasteiger partial charge in [-0.15, -0.1) is 11.6 Å². The predicted molar refractivity (Wildman–Crippen MR) is 368 cm³/mol. The highest BCUT2D eigenvalue weighted by atomic mass is 35.5. The van der Waals surface area contributed by atoms with Gasteiger partial charge in [-0.1, -0.05) is 223 Å². The maximum atomic E-state index is 11.0. The summed E-state index contributed by atoms with van der Waals surface area (Å²) in [5.74, 6) is 37.0. The van der Waals surface area contributed by atoms with Gasteiger partial charge in [0.15, 0.2) is 0 Å². The van der Waals surface area contributed by atoms with Crippen molar-refractivity contribution < 1.29 is 23.8 Å². The molecule has 8 heteroatoms. The van der Waals surface area contributed by atoms with Gasteiger partial charge in [0.1, 0.15) is 11.4 Å². The number of aliphatic hydroxyl groups is 1. The third kappa shape index (κ3) is 128. The lowest BCUT2D eigenvalue weighted by molar-refractivity contribution is -0.142. The number of rotatable bonds is 11. The highest BCUT2D eigenvalue weighted by molar-refractivity contribution is 6.20. The van der Waals surface area contributed by atoms with E-state index in [2.05, 4.69) is 201 Å². The number of Topliss-reactive ketones (excluding diaryl/α,β-unsaturated/α-hetero) is 1. The van der Waals surface area contributed by atoms with Crippen LogP contribution in [0.3, 0.4) is 0 Å². The Hall–Kier alpha value is -2.96. The Kier molecular flexibility index (Phi) is 66.9. The Morgan fingerprint density at radius 3 is 1.05 bits per heavy atom. The van der Waals surface area contributed by atoms with Crippen LogP contribution in [0.1, 0.15) is 287 Å². The van der Waals surface area contributed by atoms with Crippen molar-refractivity contribution >= 4 is 23.4 Å². The van der Waals surface area contributed by atoms with Crippen LogP contribution in [-0.4, -0.2) is 71.2 Å². The Bertz CT molecular complexity index is 1770. The Balaban J connectivity index is -0.000000105. The minimum atomic E-state index is -0.829. The summed E-state index contributed by atoms with van der Waals surface area (Å²) in [5.41, 5.74) is 4.02. The number of nitrogens with zero attached hydrogens (tertiary/aromatic N) is 1. The Morgan fingerprint density at radius 2 is 0.866 bits per heavy atom. The largest absolute Gasteiger partial charge is 0.469 e. The van der Waals surface area contributed by atoms with Crippen LogP contribution in [0, 0.1) is 129 Å². The van der Waals surface area contributed by atoms with Gasteiger partial charge in [0.2, 0.25) is 0 Å². The molecule has 0 heterocycles. The molecule has 3 N–H and O–H groups in total. The lowest BCUT2D eigenvalue weighted by Crippen LogP contribution is -2.36. The van der Waals surface area contributed by atoms with Crippen LogP contribution in [-0.2, 0) is 14.3 Å². The number of hydrogen-bond acceptors (Lipinski definition) is 6. The van der Waals surface area contributed by atoms with E-state index >= 15 is 0 Å². The summed E-state index contributed by atoms with van der Waals surface area (Å²) in [4.78, 5) is 23.9. The molecule has 0 saturated heterocycles. The summed E-state index contributed by atoms with van der Waals surface area (Å²) in [6.07, 6.45) is 8.89. The third-order valence-corrected chi connectivity index (χ3v) is 9.65. The van der Waals surface area contributed by atoms with Gasteiger partial charge >= 0.3 is 5.97 Å². The van der Waals surface area contributed by atoms with E-state index in [0.29, 0.717) is 47.8 Å². The summed E-state index contributed by atoms with van der Waals surface area (Å²) in [7, 11) is 5.50. The molecule has 0 aromatic carbocycles. The van der Waals surface area contributed by atoms with Crippen molar-refractivity contribution in [2.24, 2.45) is 75.7 Å². The van der Waals surface area contributed by atoms with Crippen LogP contribution < -0.4 is 5.73 Å². The molecule has 486 valence electrons. The molecule has 0 spiro atoms. The molecule has 0 radical (unpaired) electrons. The van der Waals surface area contributed by atoms with Crippen molar-refractivity contribution in [2.45, 2.75) is 315 Å². The van der Waals surface area contributed by atoms with Crippen LogP contribution in [0.15, 0.2) is 0 Å². The number of ketones is 1. The summed E-state index contributed by atoms with van der Waals surface area (Å²) in [6.45, 7) is 68.6. The van der Waals surface area contributed by atoms with Gasteiger partial charge in [0.05, 0.1) is 30.8 Å². The van der Waals surface area contributed by atoms with Crippen molar-refractivity contribution in [1.29, 1.82) is 0 Å². The zero-order valence-electron chi connectivity index (χ0n) is 61.5. The number of carbonyl (C=O) groups is 2. The molecule has 82 heavy (non-hydrogen) atoms. The number of nitrogens with two attached hydrogens (primary N) is 1. The molecule has 0 aromatic heterocycles. The van der Waals surface area contributed by atoms with Crippen molar-refractivity contribution in [1.82, 2.24) is 4.90 Å². The first-order valence-electron chi connectivity index (χ1n) is 31.2. The fourth-order valence-corrected chi connectivity index (χ4v) is 4.83. The Labute approximate surface area is 520 Å². The topological polar surface area (TPSA) is 92.9 Å². The van der Waals surface area contributed by atoms with Gasteiger partial charge < -0.3 is 15.6 Å². The van der Waals surface area contributed by atoms with E-state index in [4.69, 9.17) is 22.4 Å². The first-order valence-corrected chi connectivity index (χ1v) is 31.6. The van der Waals surface area contributed by atoms with E-state index < -0.39 is 11.8 Å². The zero-order chi connectivity index (χ0) is 67.6. The van der Waals surface area contributed by atoms with Gasteiger partial charge in [-0.2, -0.15) is 0 Å². The highest BCUT2D eigenvalue weighted by Gasteiger charge is 2.21. The standard InChI is InChI=1S/C11H18O2.C11H18O.C10H19N.C8H15N.C8H14O.C8H16.C7H16.C5H12.C3H7Cl.C3H7F/c1-9(2)6-7-11(3,4)8-10(12)13-5;1-9(2)6-7-11(4,5)8-10(3)12;1-9(2)7-8-10(3,4)11(5)6;2*1-7(2)5-6-8(3,4)9;1-7(2)3-4-8-5-6-8;1-6(2)5-7(3)4;1-4-5(2)3;2*1-3(2)4/h9H,8H2,1-5H3;9H,8H2,1-5H3;9H,1-6H3;7H,9H2,1-4H3;7,9H,1-4H3;7-8H,3-6H2,1-2H3;6-7H,5H2,1-4H3;5H,4H2,1-3H3;2*3H,1-2H3. The molecule has 0 aliphatic heterocycles. The van der Waals surface area contributed by atoms with Gasteiger partial charge in [-0.25, -0.2) is 4.39 Å². The minimum Gasteiger partial charge on any atom is -0.469 e. The van der Waals surface area contributed by atoms with E-state index in [1.54, 1.807) is 20.8 Å². The second-order valence-electron chi connectivity index (χ2n) is 28.5.